The number of methoxy groups -OCH3 is 1. The third kappa shape index (κ3) is 2.39. The summed E-state index contributed by atoms with van der Waals surface area (Å²) in [7, 11) is 1.62. The first-order valence-corrected chi connectivity index (χ1v) is 8.06. The predicted octanol–water partition coefficient (Wildman–Crippen LogP) is 3.12. The van der Waals surface area contributed by atoms with Gasteiger partial charge in [-0.15, -0.1) is 0 Å². The third-order valence-corrected chi connectivity index (χ3v) is 5.59. The van der Waals surface area contributed by atoms with Gasteiger partial charge in [0.05, 0.1) is 0 Å². The molecule has 4 fully saturated rings. The smallest absolute Gasteiger partial charge is 0.287 e. The highest BCUT2D eigenvalue weighted by Gasteiger charge is 2.51. The van der Waals surface area contributed by atoms with Gasteiger partial charge < -0.3 is 14.5 Å². The molecule has 0 unspecified atom stereocenters. The minimum atomic E-state index is -0.0562. The zero-order valence-electron chi connectivity index (χ0n) is 12.6. The van der Waals surface area contributed by atoms with E-state index in [1.54, 1.807) is 13.2 Å². The molecule has 1 amide bonds. The average molecular weight is 289 g/mol. The molecule has 1 heterocycles. The normalized spacial score (nSPS) is 36.9. The third-order valence-electron chi connectivity index (χ3n) is 5.59. The van der Waals surface area contributed by atoms with E-state index in [0.29, 0.717) is 18.1 Å². The van der Waals surface area contributed by atoms with Crippen molar-refractivity contribution in [3.8, 4) is 0 Å². The van der Waals surface area contributed by atoms with Gasteiger partial charge in [0.25, 0.3) is 5.91 Å². The molecule has 1 aromatic rings. The van der Waals surface area contributed by atoms with Crippen molar-refractivity contribution >= 4 is 5.91 Å². The van der Waals surface area contributed by atoms with Crippen molar-refractivity contribution in [1.82, 2.24) is 5.32 Å². The molecule has 4 bridgehead atoms. The van der Waals surface area contributed by atoms with Gasteiger partial charge in [0.1, 0.15) is 12.4 Å². The van der Waals surface area contributed by atoms with E-state index < -0.39 is 0 Å². The molecule has 0 saturated heterocycles. The van der Waals surface area contributed by atoms with Gasteiger partial charge in [0, 0.05) is 12.6 Å². The van der Waals surface area contributed by atoms with Crippen molar-refractivity contribution in [2.24, 2.45) is 17.8 Å². The summed E-state index contributed by atoms with van der Waals surface area (Å²) in [6.07, 6.45) is 7.64. The van der Waals surface area contributed by atoms with Crippen LogP contribution in [0.4, 0.5) is 0 Å². The molecule has 0 aromatic carbocycles. The molecule has 4 aliphatic rings. The van der Waals surface area contributed by atoms with Crippen molar-refractivity contribution < 1.29 is 13.9 Å². The van der Waals surface area contributed by atoms with E-state index in [9.17, 15) is 4.79 Å². The highest BCUT2D eigenvalue weighted by atomic mass is 16.5. The Morgan fingerprint density at radius 3 is 2.43 bits per heavy atom. The summed E-state index contributed by atoms with van der Waals surface area (Å²) in [5, 5.41) is 3.32. The number of carbonyl (C=O) groups is 1. The number of ether oxygens (including phenoxy) is 1. The lowest BCUT2D eigenvalue weighted by molar-refractivity contribution is -0.0171. The maximum absolute atomic E-state index is 12.5. The molecule has 4 aliphatic carbocycles. The van der Waals surface area contributed by atoms with Gasteiger partial charge >= 0.3 is 0 Å². The molecule has 0 spiro atoms. The van der Waals surface area contributed by atoms with E-state index in [1.165, 1.54) is 19.3 Å². The standard InChI is InChI=1S/C17H23NO3/c1-20-10-14-2-3-15(21-14)16(19)18-17-7-11-4-12(8-17)6-13(5-11)9-17/h2-3,11-13H,4-10H2,1H3,(H,18,19). The van der Waals surface area contributed by atoms with Crippen molar-refractivity contribution in [1.29, 1.82) is 0 Å². The molecule has 4 heteroatoms. The molecular weight excluding hydrogens is 266 g/mol. The minimum absolute atomic E-state index is 0.0417. The van der Waals surface area contributed by atoms with Crippen LogP contribution in [0.25, 0.3) is 0 Å². The molecule has 4 nitrogen and oxygen atoms in total. The van der Waals surface area contributed by atoms with Gasteiger partial charge in [-0.3, -0.25) is 4.79 Å². The SMILES string of the molecule is COCc1ccc(C(=O)NC23CC4CC(CC(C4)C2)C3)o1. The van der Waals surface area contributed by atoms with Gasteiger partial charge in [-0.1, -0.05) is 0 Å². The number of nitrogens with one attached hydrogen (secondary N) is 1. The Morgan fingerprint density at radius 1 is 1.24 bits per heavy atom. The summed E-state index contributed by atoms with van der Waals surface area (Å²) in [6.45, 7) is 0.407. The molecule has 114 valence electrons. The summed E-state index contributed by atoms with van der Waals surface area (Å²) in [4.78, 5) is 12.5. The number of hydrogen-bond acceptors (Lipinski definition) is 3. The number of amides is 1. The summed E-state index contributed by atoms with van der Waals surface area (Å²) in [6, 6.07) is 3.57. The highest BCUT2D eigenvalue weighted by molar-refractivity contribution is 5.92. The van der Waals surface area contributed by atoms with Gasteiger partial charge in [0.15, 0.2) is 5.76 Å². The van der Waals surface area contributed by atoms with Crippen LogP contribution in [0.3, 0.4) is 0 Å². The van der Waals surface area contributed by atoms with Crippen molar-refractivity contribution in [3.05, 3.63) is 23.7 Å². The van der Waals surface area contributed by atoms with Crippen LogP contribution >= 0.6 is 0 Å². The Hall–Kier alpha value is -1.29. The molecular formula is C17H23NO3. The van der Waals surface area contributed by atoms with E-state index in [-0.39, 0.29) is 11.4 Å². The van der Waals surface area contributed by atoms with E-state index in [2.05, 4.69) is 5.32 Å². The maximum atomic E-state index is 12.5. The number of carbonyl (C=O) groups excluding carboxylic acids is 1. The zero-order valence-corrected chi connectivity index (χ0v) is 12.6. The van der Waals surface area contributed by atoms with Crippen LogP contribution < -0.4 is 5.32 Å². The maximum Gasteiger partial charge on any atom is 0.287 e. The van der Waals surface area contributed by atoms with Crippen LogP contribution in [0, 0.1) is 17.8 Å². The average Bonchev–Trinajstić information content (AvgIpc) is 2.85. The van der Waals surface area contributed by atoms with E-state index in [0.717, 1.165) is 37.0 Å². The first kappa shape index (κ1) is 13.4. The Morgan fingerprint density at radius 2 is 1.86 bits per heavy atom. The summed E-state index contributed by atoms with van der Waals surface area (Å²) in [5.74, 6) is 3.55. The van der Waals surface area contributed by atoms with Gasteiger partial charge in [-0.05, 0) is 68.4 Å². The molecule has 21 heavy (non-hydrogen) atoms. The van der Waals surface area contributed by atoms with Gasteiger partial charge in [-0.25, -0.2) is 0 Å². The van der Waals surface area contributed by atoms with Gasteiger partial charge in [-0.2, -0.15) is 0 Å². The topological polar surface area (TPSA) is 51.5 Å². The zero-order chi connectivity index (χ0) is 14.4. The molecule has 0 atom stereocenters. The minimum Gasteiger partial charge on any atom is -0.453 e. The van der Waals surface area contributed by atoms with Crippen LogP contribution in [0.1, 0.15) is 54.8 Å². The molecule has 1 N–H and O–H groups in total. The number of furan rings is 1. The second-order valence-corrected chi connectivity index (χ2v) is 7.35. The van der Waals surface area contributed by atoms with Crippen molar-refractivity contribution in [2.75, 3.05) is 7.11 Å². The van der Waals surface area contributed by atoms with E-state index in [4.69, 9.17) is 9.15 Å². The Labute approximate surface area is 125 Å². The summed E-state index contributed by atoms with van der Waals surface area (Å²) >= 11 is 0. The summed E-state index contributed by atoms with van der Waals surface area (Å²) in [5.41, 5.74) is 0.0417. The highest BCUT2D eigenvalue weighted by Crippen LogP contribution is 2.55. The lowest BCUT2D eigenvalue weighted by Gasteiger charge is -2.56. The molecule has 0 radical (unpaired) electrons. The molecule has 0 aliphatic heterocycles. The first-order chi connectivity index (χ1) is 10.2. The molecule has 1 aromatic heterocycles. The van der Waals surface area contributed by atoms with Crippen LogP contribution in [0.5, 0.6) is 0 Å². The molecule has 4 saturated carbocycles. The largest absolute Gasteiger partial charge is 0.453 e. The van der Waals surface area contributed by atoms with Crippen molar-refractivity contribution in [2.45, 2.75) is 50.7 Å². The second kappa shape index (κ2) is 4.87. The lowest BCUT2D eigenvalue weighted by Crippen LogP contribution is -2.59. The van der Waals surface area contributed by atoms with E-state index in [1.807, 2.05) is 6.07 Å². The second-order valence-electron chi connectivity index (χ2n) is 7.35. The fourth-order valence-corrected chi connectivity index (χ4v) is 5.29. The Balaban J connectivity index is 1.48. The summed E-state index contributed by atoms with van der Waals surface area (Å²) < 4.78 is 10.6. The van der Waals surface area contributed by atoms with Crippen LogP contribution in [-0.4, -0.2) is 18.6 Å². The number of rotatable bonds is 4. The van der Waals surface area contributed by atoms with E-state index >= 15 is 0 Å². The van der Waals surface area contributed by atoms with Crippen molar-refractivity contribution in [3.63, 3.8) is 0 Å². The monoisotopic (exact) mass is 289 g/mol. The fourth-order valence-electron chi connectivity index (χ4n) is 5.29. The first-order valence-electron chi connectivity index (χ1n) is 8.06. The van der Waals surface area contributed by atoms with Crippen LogP contribution in [0.2, 0.25) is 0 Å². The molecule has 5 rings (SSSR count). The number of hydrogen-bond donors (Lipinski definition) is 1. The quantitative estimate of drug-likeness (QED) is 0.926. The Kier molecular flexibility index (Phi) is 3.10. The predicted molar refractivity (Wildman–Crippen MR) is 77.8 cm³/mol. The lowest BCUT2D eigenvalue weighted by atomic mass is 9.53. The fraction of sp³-hybridized carbons (Fsp3) is 0.706. The Bertz CT molecular complexity index is 513. The van der Waals surface area contributed by atoms with Crippen LogP contribution in [-0.2, 0) is 11.3 Å². The van der Waals surface area contributed by atoms with Crippen LogP contribution in [0.15, 0.2) is 16.5 Å². The van der Waals surface area contributed by atoms with Gasteiger partial charge in [0.2, 0.25) is 0 Å².